The van der Waals surface area contributed by atoms with Gasteiger partial charge in [0.1, 0.15) is 5.75 Å². The van der Waals surface area contributed by atoms with Gasteiger partial charge in [-0.2, -0.15) is 0 Å². The summed E-state index contributed by atoms with van der Waals surface area (Å²) in [6.07, 6.45) is 1.70. The highest BCUT2D eigenvalue weighted by Crippen LogP contribution is 2.24. The molecule has 3 aromatic carbocycles. The van der Waals surface area contributed by atoms with E-state index < -0.39 is 10.0 Å². The maximum Gasteiger partial charge on any atom is 0.261 e. The quantitative estimate of drug-likeness (QED) is 0.424. The van der Waals surface area contributed by atoms with Gasteiger partial charge in [0.05, 0.1) is 4.90 Å². The third-order valence-electron chi connectivity index (χ3n) is 5.03. The Morgan fingerprint density at radius 1 is 1.03 bits per heavy atom. The predicted molar refractivity (Wildman–Crippen MR) is 131 cm³/mol. The third-order valence-corrected chi connectivity index (χ3v) is 6.66. The van der Waals surface area contributed by atoms with Crippen LogP contribution in [0.3, 0.4) is 0 Å². The van der Waals surface area contributed by atoms with Crippen LogP contribution < -0.4 is 14.8 Å². The number of benzene rings is 3. The van der Waals surface area contributed by atoms with Crippen LogP contribution in [0.25, 0.3) is 0 Å². The number of carbonyl (C=O) groups excluding carboxylic acids is 1. The van der Waals surface area contributed by atoms with Gasteiger partial charge in [-0.1, -0.05) is 41.9 Å². The molecule has 0 fully saturated rings. The first-order valence-corrected chi connectivity index (χ1v) is 12.4. The average molecular weight is 487 g/mol. The molecule has 0 aliphatic carbocycles. The van der Waals surface area contributed by atoms with E-state index in [4.69, 9.17) is 16.3 Å². The third kappa shape index (κ3) is 7.51. The molecule has 0 aliphatic rings. The Morgan fingerprint density at radius 2 is 1.73 bits per heavy atom. The van der Waals surface area contributed by atoms with Crippen LogP contribution in [0.1, 0.15) is 24.5 Å². The molecule has 3 rings (SSSR count). The van der Waals surface area contributed by atoms with Gasteiger partial charge in [-0.05, 0) is 80.3 Å². The van der Waals surface area contributed by atoms with E-state index in [0.717, 1.165) is 12.8 Å². The minimum absolute atomic E-state index is 0.00821. The fourth-order valence-electron chi connectivity index (χ4n) is 3.24. The van der Waals surface area contributed by atoms with Gasteiger partial charge in [0.25, 0.3) is 15.9 Å². The van der Waals surface area contributed by atoms with Gasteiger partial charge in [-0.25, -0.2) is 8.42 Å². The Balaban J connectivity index is 1.52. The number of ether oxygens (including phenoxy) is 1. The van der Waals surface area contributed by atoms with Crippen LogP contribution in [-0.2, 0) is 21.2 Å². The molecular formula is C25H27ClN2O4S. The number of nitrogens with one attached hydrogen (secondary N) is 2. The first-order chi connectivity index (χ1) is 15.7. The number of hydrogen-bond acceptors (Lipinski definition) is 4. The fraction of sp³-hybridized carbons (Fsp3) is 0.240. The number of amides is 1. The van der Waals surface area contributed by atoms with Crippen molar-refractivity contribution in [3.63, 3.8) is 0 Å². The Hall–Kier alpha value is -3.03. The van der Waals surface area contributed by atoms with E-state index in [-0.39, 0.29) is 23.5 Å². The molecule has 174 valence electrons. The highest BCUT2D eigenvalue weighted by atomic mass is 35.5. The molecule has 6 nitrogen and oxygen atoms in total. The number of hydrogen-bond donors (Lipinski definition) is 2. The molecule has 0 heterocycles. The molecule has 8 heteroatoms. The van der Waals surface area contributed by atoms with Crippen LogP contribution in [0.15, 0.2) is 77.7 Å². The topological polar surface area (TPSA) is 84.5 Å². The Morgan fingerprint density at radius 3 is 2.39 bits per heavy atom. The van der Waals surface area contributed by atoms with Crippen LogP contribution in [0, 0.1) is 6.92 Å². The minimum atomic E-state index is -3.77. The Labute approximate surface area is 200 Å². The lowest BCUT2D eigenvalue weighted by Gasteiger charge is -2.15. The molecule has 0 aromatic heterocycles. The normalized spacial score (nSPS) is 12.1. The fourth-order valence-corrected chi connectivity index (χ4v) is 4.51. The molecular weight excluding hydrogens is 460 g/mol. The number of aryl methyl sites for hydroxylation is 2. The Kier molecular flexibility index (Phi) is 8.36. The molecule has 33 heavy (non-hydrogen) atoms. The number of rotatable bonds is 10. The summed E-state index contributed by atoms with van der Waals surface area (Å²) in [4.78, 5) is 12.3. The summed E-state index contributed by atoms with van der Waals surface area (Å²) in [7, 11) is -3.77. The van der Waals surface area contributed by atoms with Gasteiger partial charge in [-0.15, -0.1) is 0 Å². The first-order valence-electron chi connectivity index (χ1n) is 10.6. The van der Waals surface area contributed by atoms with E-state index in [1.807, 2.05) is 25.1 Å². The Bertz CT molecular complexity index is 1180. The van der Waals surface area contributed by atoms with Crippen molar-refractivity contribution >= 4 is 33.2 Å². The molecule has 0 aliphatic heterocycles. The molecule has 0 radical (unpaired) electrons. The zero-order valence-electron chi connectivity index (χ0n) is 18.5. The summed E-state index contributed by atoms with van der Waals surface area (Å²) in [6, 6.07) is 21.0. The van der Waals surface area contributed by atoms with Crippen LogP contribution in [0.2, 0.25) is 5.02 Å². The lowest BCUT2D eigenvalue weighted by atomic mass is 10.1. The van der Waals surface area contributed by atoms with E-state index in [9.17, 15) is 13.2 Å². The van der Waals surface area contributed by atoms with Gasteiger partial charge in [0.2, 0.25) is 0 Å². The van der Waals surface area contributed by atoms with E-state index in [1.54, 1.807) is 37.3 Å². The summed E-state index contributed by atoms with van der Waals surface area (Å²) < 4.78 is 33.4. The summed E-state index contributed by atoms with van der Waals surface area (Å²) in [5.74, 6) is 0.226. The number of sulfonamides is 1. The van der Waals surface area contributed by atoms with Crippen molar-refractivity contribution in [2.75, 3.05) is 11.3 Å². The minimum Gasteiger partial charge on any atom is -0.484 e. The number of anilines is 1. The van der Waals surface area contributed by atoms with Gasteiger partial charge < -0.3 is 10.1 Å². The van der Waals surface area contributed by atoms with Crippen molar-refractivity contribution < 1.29 is 17.9 Å². The predicted octanol–water partition coefficient (Wildman–Crippen LogP) is 4.97. The van der Waals surface area contributed by atoms with Crippen LogP contribution in [0.5, 0.6) is 5.75 Å². The van der Waals surface area contributed by atoms with E-state index in [2.05, 4.69) is 22.2 Å². The van der Waals surface area contributed by atoms with Crippen LogP contribution >= 0.6 is 11.6 Å². The summed E-state index contributed by atoms with van der Waals surface area (Å²) in [5, 5.41) is 3.45. The molecule has 1 atom stereocenters. The molecule has 2 N–H and O–H groups in total. The van der Waals surface area contributed by atoms with Gasteiger partial charge in [0.15, 0.2) is 6.61 Å². The highest BCUT2D eigenvalue weighted by molar-refractivity contribution is 7.92. The van der Waals surface area contributed by atoms with Crippen molar-refractivity contribution in [2.45, 2.75) is 37.6 Å². The molecule has 0 unspecified atom stereocenters. The second-order valence-electron chi connectivity index (χ2n) is 7.82. The SMILES string of the molecule is Cc1cc(S(=O)(=O)Nc2ccc(Cl)cc2)ccc1OCC(=O)N[C@H](C)CCc1ccccc1. The molecule has 0 saturated heterocycles. The van der Waals surface area contributed by atoms with E-state index in [1.165, 1.54) is 17.7 Å². The maximum absolute atomic E-state index is 12.7. The van der Waals surface area contributed by atoms with Crippen LogP contribution in [0.4, 0.5) is 5.69 Å². The van der Waals surface area contributed by atoms with Gasteiger partial charge >= 0.3 is 0 Å². The smallest absolute Gasteiger partial charge is 0.261 e. The lowest BCUT2D eigenvalue weighted by Crippen LogP contribution is -2.36. The summed E-state index contributed by atoms with van der Waals surface area (Å²) in [5.41, 5.74) is 2.25. The van der Waals surface area contributed by atoms with E-state index in [0.29, 0.717) is 22.0 Å². The van der Waals surface area contributed by atoms with Crippen LogP contribution in [-0.4, -0.2) is 27.0 Å². The number of carbonyl (C=O) groups is 1. The monoisotopic (exact) mass is 486 g/mol. The number of halogens is 1. The zero-order valence-corrected chi connectivity index (χ0v) is 20.1. The second kappa shape index (κ2) is 11.2. The van der Waals surface area contributed by atoms with Crippen molar-refractivity contribution in [3.05, 3.63) is 88.9 Å². The summed E-state index contributed by atoms with van der Waals surface area (Å²) >= 11 is 5.84. The first kappa shape index (κ1) is 24.6. The molecule has 1 amide bonds. The highest BCUT2D eigenvalue weighted by Gasteiger charge is 2.16. The van der Waals surface area contributed by atoms with Crippen molar-refractivity contribution in [1.29, 1.82) is 0 Å². The standard InChI is InChI=1S/C25H27ClN2O4S/c1-18-16-23(33(30,31)28-22-12-10-21(26)11-13-22)14-15-24(18)32-17-25(29)27-19(2)8-9-20-6-4-3-5-7-20/h3-7,10-16,19,28H,8-9,17H2,1-2H3,(H,27,29)/t19-/m1/s1. The zero-order chi connectivity index (χ0) is 23.8. The van der Waals surface area contributed by atoms with Crippen molar-refractivity contribution in [1.82, 2.24) is 5.32 Å². The molecule has 0 bridgehead atoms. The second-order valence-corrected chi connectivity index (χ2v) is 9.94. The largest absolute Gasteiger partial charge is 0.484 e. The molecule has 0 saturated carbocycles. The van der Waals surface area contributed by atoms with Gasteiger partial charge in [0, 0.05) is 16.8 Å². The van der Waals surface area contributed by atoms with E-state index >= 15 is 0 Å². The lowest BCUT2D eigenvalue weighted by molar-refractivity contribution is -0.123. The van der Waals surface area contributed by atoms with Crippen molar-refractivity contribution in [3.8, 4) is 5.75 Å². The van der Waals surface area contributed by atoms with Crippen molar-refractivity contribution in [2.24, 2.45) is 0 Å². The maximum atomic E-state index is 12.7. The van der Waals surface area contributed by atoms with Gasteiger partial charge in [-0.3, -0.25) is 9.52 Å². The average Bonchev–Trinajstić information content (AvgIpc) is 2.79. The summed E-state index contributed by atoms with van der Waals surface area (Å²) in [6.45, 7) is 3.54. The molecule has 0 spiro atoms. The molecule has 3 aromatic rings.